The molecule has 2 aromatic carbocycles. The van der Waals surface area contributed by atoms with Gasteiger partial charge in [-0.1, -0.05) is 35.3 Å². The van der Waals surface area contributed by atoms with E-state index in [1.807, 2.05) is 0 Å². The summed E-state index contributed by atoms with van der Waals surface area (Å²) in [6.07, 6.45) is 1.52. The molecule has 0 aliphatic rings. The molecule has 0 saturated carbocycles. The van der Waals surface area contributed by atoms with Gasteiger partial charge in [0.05, 0.1) is 30.4 Å². The summed E-state index contributed by atoms with van der Waals surface area (Å²) in [7, 11) is 2.91. The van der Waals surface area contributed by atoms with E-state index in [1.165, 1.54) is 31.2 Å². The molecule has 0 radical (unpaired) electrons. The number of hydrogen-bond acceptors (Lipinski definition) is 6. The molecule has 3 rings (SSSR count). The molecular weight excluding hydrogens is 409 g/mol. The number of nitro groups is 1. The molecule has 0 aliphatic carbocycles. The minimum absolute atomic E-state index is 0.0386. The maximum Gasteiger partial charge on any atom is 0.278 e. The number of hydrogen-bond donors (Lipinski definition) is 0. The lowest BCUT2D eigenvalue weighted by Gasteiger charge is -2.16. The largest absolute Gasteiger partial charge is 0.495 e. The second kappa shape index (κ2) is 8.37. The summed E-state index contributed by atoms with van der Waals surface area (Å²) in [6, 6.07) is 9.57. The molecule has 0 aliphatic heterocycles. The molecule has 28 heavy (non-hydrogen) atoms. The number of halogens is 2. The van der Waals surface area contributed by atoms with E-state index in [9.17, 15) is 10.1 Å². The van der Waals surface area contributed by atoms with E-state index in [2.05, 4.69) is 5.10 Å². The number of ether oxygens (including phenoxy) is 3. The summed E-state index contributed by atoms with van der Waals surface area (Å²) >= 11 is 12.6. The van der Waals surface area contributed by atoms with Gasteiger partial charge < -0.3 is 14.2 Å². The minimum Gasteiger partial charge on any atom is -0.495 e. The Morgan fingerprint density at radius 3 is 2.36 bits per heavy atom. The number of para-hydroxylation sites is 1. The number of aromatic nitrogens is 2. The second-order valence-electron chi connectivity index (χ2n) is 5.50. The molecule has 0 fully saturated rings. The van der Waals surface area contributed by atoms with Gasteiger partial charge in [0.15, 0.2) is 12.5 Å². The third kappa shape index (κ3) is 3.69. The number of methoxy groups -OCH3 is 2. The third-order valence-electron chi connectivity index (χ3n) is 3.96. The minimum atomic E-state index is -0.450. The summed E-state index contributed by atoms with van der Waals surface area (Å²) in [4.78, 5) is 10.9. The van der Waals surface area contributed by atoms with Crippen LogP contribution in [0.15, 0.2) is 42.6 Å². The fourth-order valence-corrected chi connectivity index (χ4v) is 3.24. The first-order valence-electron chi connectivity index (χ1n) is 7.96. The highest BCUT2D eigenvalue weighted by Crippen LogP contribution is 2.46. The van der Waals surface area contributed by atoms with Crippen molar-refractivity contribution in [1.29, 1.82) is 0 Å². The monoisotopic (exact) mass is 423 g/mol. The zero-order chi connectivity index (χ0) is 20.3. The summed E-state index contributed by atoms with van der Waals surface area (Å²) in [6.45, 7) is -0.0931. The molecular formula is C18H15Cl2N3O5. The highest BCUT2D eigenvalue weighted by Gasteiger charge is 2.21. The molecule has 10 heteroatoms. The summed E-state index contributed by atoms with van der Waals surface area (Å²) in [5, 5.41) is 15.8. The van der Waals surface area contributed by atoms with Crippen molar-refractivity contribution in [3.63, 3.8) is 0 Å². The van der Waals surface area contributed by atoms with Crippen LogP contribution in [-0.2, 0) is 6.73 Å². The Balaban J connectivity index is 1.95. The molecule has 146 valence electrons. The van der Waals surface area contributed by atoms with Crippen LogP contribution in [0, 0.1) is 10.1 Å². The molecule has 0 saturated heterocycles. The van der Waals surface area contributed by atoms with Gasteiger partial charge >= 0.3 is 0 Å². The maximum absolute atomic E-state index is 11.3. The summed E-state index contributed by atoms with van der Waals surface area (Å²) in [5.74, 6) is 0.818. The molecule has 0 spiro atoms. The van der Waals surface area contributed by atoms with Gasteiger partial charge in [0.2, 0.25) is 0 Å². The summed E-state index contributed by atoms with van der Waals surface area (Å²) < 4.78 is 17.6. The number of rotatable bonds is 7. The molecule has 1 heterocycles. The molecule has 0 N–H and O–H groups in total. The average molecular weight is 424 g/mol. The van der Waals surface area contributed by atoms with Gasteiger partial charge in [-0.3, -0.25) is 10.1 Å². The number of benzene rings is 2. The second-order valence-corrected chi connectivity index (χ2v) is 6.26. The van der Waals surface area contributed by atoms with E-state index in [0.717, 1.165) is 0 Å². The van der Waals surface area contributed by atoms with Gasteiger partial charge in [0, 0.05) is 18.3 Å². The Morgan fingerprint density at radius 2 is 1.75 bits per heavy atom. The lowest BCUT2D eigenvalue weighted by molar-refractivity contribution is -0.384. The topological polar surface area (TPSA) is 88.7 Å². The zero-order valence-electron chi connectivity index (χ0n) is 14.9. The summed E-state index contributed by atoms with van der Waals surface area (Å²) in [5.41, 5.74) is 0.881. The van der Waals surface area contributed by atoms with Crippen molar-refractivity contribution >= 4 is 28.9 Å². The van der Waals surface area contributed by atoms with Crippen molar-refractivity contribution in [2.75, 3.05) is 14.2 Å². The van der Waals surface area contributed by atoms with Gasteiger partial charge in [-0.25, -0.2) is 4.68 Å². The molecule has 0 unspecified atom stereocenters. The van der Waals surface area contributed by atoms with E-state index in [0.29, 0.717) is 22.8 Å². The number of nitrogens with zero attached hydrogens (tertiary/aromatic N) is 3. The lowest BCUT2D eigenvalue weighted by Crippen LogP contribution is -2.10. The van der Waals surface area contributed by atoms with E-state index >= 15 is 0 Å². The van der Waals surface area contributed by atoms with Crippen LogP contribution in [0.1, 0.15) is 0 Å². The van der Waals surface area contributed by atoms with Crippen LogP contribution >= 0.6 is 23.2 Å². The third-order valence-corrected chi connectivity index (χ3v) is 4.67. The van der Waals surface area contributed by atoms with Crippen molar-refractivity contribution in [3.05, 3.63) is 62.8 Å². The molecule has 1 aromatic heterocycles. The van der Waals surface area contributed by atoms with Crippen LogP contribution in [0.5, 0.6) is 17.2 Å². The van der Waals surface area contributed by atoms with Crippen LogP contribution in [0.25, 0.3) is 11.3 Å². The Kier molecular flexibility index (Phi) is 5.91. The molecule has 0 bridgehead atoms. The molecule has 0 amide bonds. The fraction of sp³-hybridized carbons (Fsp3) is 0.167. The van der Waals surface area contributed by atoms with Crippen LogP contribution in [0.4, 0.5) is 5.69 Å². The quantitative estimate of drug-likeness (QED) is 0.399. The average Bonchev–Trinajstić information content (AvgIpc) is 3.16. The Morgan fingerprint density at radius 1 is 1.11 bits per heavy atom. The van der Waals surface area contributed by atoms with Crippen LogP contribution in [0.2, 0.25) is 10.0 Å². The van der Waals surface area contributed by atoms with Crippen molar-refractivity contribution < 1.29 is 19.1 Å². The fourth-order valence-electron chi connectivity index (χ4n) is 2.63. The van der Waals surface area contributed by atoms with Crippen molar-refractivity contribution in [3.8, 4) is 28.5 Å². The lowest BCUT2D eigenvalue weighted by atomic mass is 10.1. The first kappa shape index (κ1) is 19.8. The Labute approximate surface area is 170 Å². The highest BCUT2D eigenvalue weighted by molar-refractivity contribution is 6.39. The van der Waals surface area contributed by atoms with Gasteiger partial charge in [-0.05, 0) is 12.1 Å². The molecule has 0 atom stereocenters. The maximum atomic E-state index is 11.3. The van der Waals surface area contributed by atoms with E-state index in [4.69, 9.17) is 37.4 Å². The van der Waals surface area contributed by atoms with Gasteiger partial charge in [0.25, 0.3) is 5.69 Å². The predicted molar refractivity (Wildman–Crippen MR) is 105 cm³/mol. The highest BCUT2D eigenvalue weighted by atomic mass is 35.5. The van der Waals surface area contributed by atoms with Crippen LogP contribution in [0.3, 0.4) is 0 Å². The van der Waals surface area contributed by atoms with Gasteiger partial charge in [-0.2, -0.15) is 5.10 Å². The SMILES string of the molecule is COc1cc(OC)c(Cl)c(OCn2nccc2-c2ccccc2[N+](=O)[O-])c1Cl. The van der Waals surface area contributed by atoms with Crippen molar-refractivity contribution in [1.82, 2.24) is 9.78 Å². The zero-order valence-corrected chi connectivity index (χ0v) is 16.4. The first-order chi connectivity index (χ1) is 13.5. The standard InChI is InChI=1S/C18H15Cl2N3O5/c1-26-14-9-15(27-2)17(20)18(16(14)19)28-10-22-12(7-8-21-22)11-5-3-4-6-13(11)23(24)25/h3-9H,10H2,1-2H3. The molecule has 8 nitrogen and oxygen atoms in total. The van der Waals surface area contributed by atoms with Crippen LogP contribution < -0.4 is 14.2 Å². The van der Waals surface area contributed by atoms with E-state index in [-0.39, 0.29) is 28.2 Å². The smallest absolute Gasteiger partial charge is 0.278 e. The van der Waals surface area contributed by atoms with Crippen LogP contribution in [-0.4, -0.2) is 28.9 Å². The van der Waals surface area contributed by atoms with Crippen molar-refractivity contribution in [2.24, 2.45) is 0 Å². The van der Waals surface area contributed by atoms with Gasteiger partial charge in [-0.15, -0.1) is 0 Å². The van der Waals surface area contributed by atoms with Crippen molar-refractivity contribution in [2.45, 2.75) is 6.73 Å². The van der Waals surface area contributed by atoms with Gasteiger partial charge in [0.1, 0.15) is 21.5 Å². The Hall–Kier alpha value is -2.97. The first-order valence-corrected chi connectivity index (χ1v) is 8.71. The normalized spacial score (nSPS) is 10.6. The predicted octanol–water partition coefficient (Wildman–Crippen LogP) is 4.82. The van der Waals surface area contributed by atoms with E-state index < -0.39 is 4.92 Å². The number of nitro benzene ring substituents is 1. The van der Waals surface area contributed by atoms with E-state index in [1.54, 1.807) is 30.3 Å². The Bertz CT molecular complexity index is 994. The molecule has 3 aromatic rings.